The molecule has 0 spiro atoms. The number of hydrogen-bond donors (Lipinski definition) is 1. The molecule has 0 heterocycles. The molecule has 2 aromatic carbocycles. The minimum absolute atomic E-state index is 0.444. The van der Waals surface area contributed by atoms with Crippen LogP contribution in [-0.4, -0.2) is 20.3 Å². The molecule has 0 fully saturated rings. The van der Waals surface area contributed by atoms with Gasteiger partial charge in [0, 0.05) is 11.8 Å². The van der Waals surface area contributed by atoms with E-state index in [1.807, 2.05) is 36.4 Å². The van der Waals surface area contributed by atoms with Crippen LogP contribution in [0.15, 0.2) is 46.9 Å². The molecule has 5 heteroatoms. The smallest absolute Gasteiger partial charge is 0.133 e. The van der Waals surface area contributed by atoms with E-state index in [0.29, 0.717) is 18.9 Å². The fourth-order valence-corrected chi connectivity index (χ4v) is 2.11. The molecule has 0 aliphatic rings. The van der Waals surface area contributed by atoms with Gasteiger partial charge < -0.3 is 19.9 Å². The number of ether oxygens (including phenoxy) is 3. The third-order valence-corrected chi connectivity index (χ3v) is 3.23. The number of rotatable bonds is 6. The second-order valence-electron chi connectivity index (χ2n) is 4.07. The molecule has 4 nitrogen and oxygen atoms in total. The molecule has 0 saturated heterocycles. The first kappa shape index (κ1) is 14.5. The normalized spacial score (nSPS) is 10.1. The fraction of sp³-hybridized carbons (Fsp3) is 0.200. The van der Waals surface area contributed by atoms with Crippen LogP contribution in [0.4, 0.5) is 5.69 Å². The fourth-order valence-electron chi connectivity index (χ4n) is 1.64. The van der Waals surface area contributed by atoms with Gasteiger partial charge in [0.15, 0.2) is 0 Å². The highest BCUT2D eigenvalue weighted by atomic mass is 79.9. The highest BCUT2D eigenvalue weighted by Crippen LogP contribution is 2.29. The number of anilines is 1. The average molecular weight is 338 g/mol. The quantitative estimate of drug-likeness (QED) is 0.647. The van der Waals surface area contributed by atoms with E-state index in [9.17, 15) is 0 Å². The maximum Gasteiger partial charge on any atom is 0.133 e. The van der Waals surface area contributed by atoms with E-state index < -0.39 is 0 Å². The standard InChI is InChI=1S/C15H16BrNO3/c1-18-12-5-6-15(14(16)10-12)20-8-7-19-13-4-2-3-11(17)9-13/h2-6,9-10H,7-8,17H2,1H3. The summed E-state index contributed by atoms with van der Waals surface area (Å²) in [7, 11) is 1.63. The van der Waals surface area contributed by atoms with E-state index in [4.69, 9.17) is 19.9 Å². The molecule has 0 saturated carbocycles. The van der Waals surface area contributed by atoms with Gasteiger partial charge >= 0.3 is 0 Å². The summed E-state index contributed by atoms with van der Waals surface area (Å²) >= 11 is 3.43. The first-order chi connectivity index (χ1) is 9.69. The van der Waals surface area contributed by atoms with Gasteiger partial charge in [0.05, 0.1) is 11.6 Å². The van der Waals surface area contributed by atoms with E-state index >= 15 is 0 Å². The van der Waals surface area contributed by atoms with E-state index in [0.717, 1.165) is 21.7 Å². The summed E-state index contributed by atoms with van der Waals surface area (Å²) in [6.45, 7) is 0.891. The van der Waals surface area contributed by atoms with Crippen LogP contribution in [0, 0.1) is 0 Å². The van der Waals surface area contributed by atoms with Crippen molar-refractivity contribution in [3.05, 3.63) is 46.9 Å². The SMILES string of the molecule is COc1ccc(OCCOc2cccc(N)c2)c(Br)c1. The Balaban J connectivity index is 1.81. The maximum absolute atomic E-state index is 5.67. The summed E-state index contributed by atoms with van der Waals surface area (Å²) < 4.78 is 17.1. The van der Waals surface area contributed by atoms with Gasteiger partial charge in [0.2, 0.25) is 0 Å². The number of hydrogen-bond acceptors (Lipinski definition) is 4. The van der Waals surface area contributed by atoms with Crippen LogP contribution in [0.5, 0.6) is 17.2 Å². The monoisotopic (exact) mass is 337 g/mol. The molecule has 2 aromatic rings. The van der Waals surface area contributed by atoms with Crippen LogP contribution in [0.2, 0.25) is 0 Å². The van der Waals surface area contributed by atoms with Crippen molar-refractivity contribution in [3.63, 3.8) is 0 Å². The molecule has 0 atom stereocenters. The number of nitrogen functional groups attached to an aromatic ring is 1. The Hall–Kier alpha value is -1.88. The molecule has 2 rings (SSSR count). The predicted octanol–water partition coefficient (Wildman–Crippen LogP) is 3.50. The van der Waals surface area contributed by atoms with Crippen LogP contribution < -0.4 is 19.9 Å². The van der Waals surface area contributed by atoms with E-state index in [2.05, 4.69) is 15.9 Å². The van der Waals surface area contributed by atoms with Crippen molar-refractivity contribution in [1.82, 2.24) is 0 Å². The second-order valence-corrected chi connectivity index (χ2v) is 4.92. The number of nitrogens with two attached hydrogens (primary N) is 1. The zero-order valence-corrected chi connectivity index (χ0v) is 12.7. The van der Waals surface area contributed by atoms with Gasteiger partial charge in [-0.3, -0.25) is 0 Å². The van der Waals surface area contributed by atoms with Gasteiger partial charge in [-0.15, -0.1) is 0 Å². The summed E-state index contributed by atoms with van der Waals surface area (Å²) in [5.74, 6) is 2.27. The highest BCUT2D eigenvalue weighted by Gasteiger charge is 2.03. The van der Waals surface area contributed by atoms with Crippen molar-refractivity contribution in [2.24, 2.45) is 0 Å². The largest absolute Gasteiger partial charge is 0.497 e. The summed E-state index contributed by atoms with van der Waals surface area (Å²) in [6.07, 6.45) is 0. The minimum Gasteiger partial charge on any atom is -0.497 e. The number of halogens is 1. The van der Waals surface area contributed by atoms with E-state index in [1.165, 1.54) is 0 Å². The molecule has 0 aromatic heterocycles. The molecule has 0 bridgehead atoms. The average Bonchev–Trinajstić information content (AvgIpc) is 2.45. The van der Waals surface area contributed by atoms with Crippen LogP contribution in [0.3, 0.4) is 0 Å². The molecular weight excluding hydrogens is 322 g/mol. The molecular formula is C15H16BrNO3. The Labute approximate surface area is 126 Å². The van der Waals surface area contributed by atoms with Crippen LogP contribution in [0.1, 0.15) is 0 Å². The molecule has 0 unspecified atom stereocenters. The van der Waals surface area contributed by atoms with E-state index in [-0.39, 0.29) is 0 Å². The minimum atomic E-state index is 0.444. The summed E-state index contributed by atoms with van der Waals surface area (Å²) in [4.78, 5) is 0. The van der Waals surface area contributed by atoms with Gasteiger partial charge in [0.1, 0.15) is 30.5 Å². The topological polar surface area (TPSA) is 53.7 Å². The van der Waals surface area contributed by atoms with E-state index in [1.54, 1.807) is 13.2 Å². The zero-order chi connectivity index (χ0) is 14.4. The lowest BCUT2D eigenvalue weighted by Crippen LogP contribution is -2.09. The second kappa shape index (κ2) is 7.05. The lowest BCUT2D eigenvalue weighted by atomic mass is 10.3. The van der Waals surface area contributed by atoms with Gasteiger partial charge in [-0.1, -0.05) is 6.07 Å². The molecule has 106 valence electrons. The van der Waals surface area contributed by atoms with Crippen molar-refractivity contribution >= 4 is 21.6 Å². The lowest BCUT2D eigenvalue weighted by molar-refractivity contribution is 0.216. The third kappa shape index (κ3) is 4.06. The Morgan fingerprint density at radius 1 is 1.00 bits per heavy atom. The molecule has 0 amide bonds. The Kier molecular flexibility index (Phi) is 5.12. The molecule has 0 radical (unpaired) electrons. The molecule has 2 N–H and O–H groups in total. The Morgan fingerprint density at radius 3 is 2.50 bits per heavy atom. The maximum atomic E-state index is 5.67. The van der Waals surface area contributed by atoms with Crippen molar-refractivity contribution in [1.29, 1.82) is 0 Å². The summed E-state index contributed by atoms with van der Waals surface area (Å²) in [5, 5.41) is 0. The number of benzene rings is 2. The molecule has 0 aliphatic heterocycles. The zero-order valence-electron chi connectivity index (χ0n) is 11.1. The van der Waals surface area contributed by atoms with Crippen molar-refractivity contribution in [3.8, 4) is 17.2 Å². The van der Waals surface area contributed by atoms with Crippen molar-refractivity contribution in [2.45, 2.75) is 0 Å². The third-order valence-electron chi connectivity index (χ3n) is 2.61. The first-order valence-corrected chi connectivity index (χ1v) is 6.93. The van der Waals surface area contributed by atoms with Crippen molar-refractivity contribution < 1.29 is 14.2 Å². The van der Waals surface area contributed by atoms with Gasteiger partial charge in [-0.2, -0.15) is 0 Å². The lowest BCUT2D eigenvalue weighted by Gasteiger charge is -2.10. The van der Waals surface area contributed by atoms with Gasteiger partial charge in [-0.25, -0.2) is 0 Å². The van der Waals surface area contributed by atoms with Crippen LogP contribution >= 0.6 is 15.9 Å². The summed E-state index contributed by atoms with van der Waals surface area (Å²) in [6, 6.07) is 12.9. The summed E-state index contributed by atoms with van der Waals surface area (Å²) in [5.41, 5.74) is 6.35. The highest BCUT2D eigenvalue weighted by molar-refractivity contribution is 9.10. The van der Waals surface area contributed by atoms with Crippen LogP contribution in [0.25, 0.3) is 0 Å². The Bertz CT molecular complexity index is 575. The first-order valence-electron chi connectivity index (χ1n) is 6.14. The van der Waals surface area contributed by atoms with Crippen molar-refractivity contribution in [2.75, 3.05) is 26.1 Å². The van der Waals surface area contributed by atoms with Crippen LogP contribution in [-0.2, 0) is 0 Å². The van der Waals surface area contributed by atoms with Gasteiger partial charge in [-0.05, 0) is 46.3 Å². The van der Waals surface area contributed by atoms with Gasteiger partial charge in [0.25, 0.3) is 0 Å². The molecule has 20 heavy (non-hydrogen) atoms. The predicted molar refractivity (Wildman–Crippen MR) is 82.5 cm³/mol. The Morgan fingerprint density at radius 2 is 1.80 bits per heavy atom. The number of methoxy groups -OCH3 is 1. The molecule has 0 aliphatic carbocycles.